The van der Waals surface area contributed by atoms with Crippen LogP contribution in [0, 0.1) is 0 Å². The van der Waals surface area contributed by atoms with Crippen molar-refractivity contribution in [3.8, 4) is 0 Å². The molecule has 0 N–H and O–H groups in total. The molecule has 0 spiro atoms. The van der Waals surface area contributed by atoms with Crippen LogP contribution in [0.15, 0.2) is 0 Å². The van der Waals surface area contributed by atoms with Gasteiger partial charge in [0.25, 0.3) is 0 Å². The molecule has 1 saturated carbocycles. The maximum absolute atomic E-state index is 5.84. The highest BCUT2D eigenvalue weighted by molar-refractivity contribution is 6.16. The number of aromatic nitrogens is 3. The Morgan fingerprint density at radius 1 is 1.53 bits per heavy atom. The molecule has 0 atom stereocenters. The third kappa shape index (κ3) is 2.49. The highest BCUT2D eigenvalue weighted by Gasteiger charge is 2.30. The van der Waals surface area contributed by atoms with Crippen LogP contribution in [0.5, 0.6) is 0 Å². The standard InChI is InChI=1S/C10H16ClN3O/c1-15-6-2-5-14-10(8-3-4-8)9(7-11)12-13-14/h8H,2-7H2,1H3. The van der Waals surface area contributed by atoms with E-state index in [-0.39, 0.29) is 0 Å². The van der Waals surface area contributed by atoms with E-state index in [9.17, 15) is 0 Å². The quantitative estimate of drug-likeness (QED) is 0.553. The molecule has 15 heavy (non-hydrogen) atoms. The fourth-order valence-electron chi connectivity index (χ4n) is 1.78. The summed E-state index contributed by atoms with van der Waals surface area (Å²) in [5.41, 5.74) is 2.21. The van der Waals surface area contributed by atoms with Crippen molar-refractivity contribution in [2.75, 3.05) is 13.7 Å². The van der Waals surface area contributed by atoms with Gasteiger partial charge >= 0.3 is 0 Å². The van der Waals surface area contributed by atoms with Gasteiger partial charge in [-0.15, -0.1) is 16.7 Å². The third-order valence-electron chi connectivity index (χ3n) is 2.66. The Hall–Kier alpha value is -0.610. The highest BCUT2D eigenvalue weighted by atomic mass is 35.5. The summed E-state index contributed by atoms with van der Waals surface area (Å²) in [6.45, 7) is 1.64. The largest absolute Gasteiger partial charge is 0.385 e. The van der Waals surface area contributed by atoms with E-state index in [0.717, 1.165) is 25.3 Å². The van der Waals surface area contributed by atoms with Crippen molar-refractivity contribution in [2.24, 2.45) is 0 Å². The minimum absolute atomic E-state index is 0.468. The van der Waals surface area contributed by atoms with E-state index >= 15 is 0 Å². The summed E-state index contributed by atoms with van der Waals surface area (Å²) in [5.74, 6) is 1.12. The van der Waals surface area contributed by atoms with Gasteiger partial charge in [-0.2, -0.15) is 0 Å². The Kier molecular flexibility index (Phi) is 3.59. The van der Waals surface area contributed by atoms with Crippen molar-refractivity contribution in [3.63, 3.8) is 0 Å². The van der Waals surface area contributed by atoms with Crippen molar-refractivity contribution >= 4 is 11.6 Å². The molecule has 0 radical (unpaired) electrons. The molecule has 4 nitrogen and oxygen atoms in total. The first-order valence-corrected chi connectivity index (χ1v) is 5.87. The van der Waals surface area contributed by atoms with Crippen LogP contribution in [-0.2, 0) is 17.2 Å². The van der Waals surface area contributed by atoms with Gasteiger partial charge in [-0.05, 0) is 19.3 Å². The van der Waals surface area contributed by atoms with Gasteiger partial charge in [-0.25, -0.2) is 4.68 Å². The topological polar surface area (TPSA) is 39.9 Å². The zero-order valence-corrected chi connectivity index (χ0v) is 9.70. The summed E-state index contributed by atoms with van der Waals surface area (Å²) in [7, 11) is 1.72. The zero-order valence-electron chi connectivity index (χ0n) is 8.95. The molecule has 0 bridgehead atoms. The lowest BCUT2D eigenvalue weighted by molar-refractivity contribution is 0.188. The van der Waals surface area contributed by atoms with E-state index in [1.54, 1.807) is 7.11 Å². The van der Waals surface area contributed by atoms with E-state index in [2.05, 4.69) is 10.3 Å². The van der Waals surface area contributed by atoms with Crippen molar-refractivity contribution in [1.29, 1.82) is 0 Å². The number of halogens is 1. The van der Waals surface area contributed by atoms with Gasteiger partial charge in [0.1, 0.15) is 5.69 Å². The number of alkyl halides is 1. The van der Waals surface area contributed by atoms with Crippen molar-refractivity contribution < 1.29 is 4.74 Å². The average Bonchev–Trinajstić information content (AvgIpc) is 3.00. The monoisotopic (exact) mass is 229 g/mol. The SMILES string of the molecule is COCCCn1nnc(CCl)c1C1CC1. The Morgan fingerprint density at radius 3 is 2.93 bits per heavy atom. The lowest BCUT2D eigenvalue weighted by Gasteiger charge is -2.05. The summed E-state index contributed by atoms with van der Waals surface area (Å²) < 4.78 is 7.02. The second kappa shape index (κ2) is 4.94. The second-order valence-corrected chi connectivity index (χ2v) is 4.17. The summed E-state index contributed by atoms with van der Waals surface area (Å²) in [5, 5.41) is 8.26. The fourth-order valence-corrected chi connectivity index (χ4v) is 1.97. The van der Waals surface area contributed by atoms with Crippen LogP contribution in [0.2, 0.25) is 0 Å². The van der Waals surface area contributed by atoms with Crippen LogP contribution in [0.1, 0.15) is 36.6 Å². The summed E-state index contributed by atoms with van der Waals surface area (Å²) >= 11 is 5.84. The molecular weight excluding hydrogens is 214 g/mol. The molecule has 0 saturated heterocycles. The smallest absolute Gasteiger partial charge is 0.101 e. The fraction of sp³-hybridized carbons (Fsp3) is 0.800. The van der Waals surface area contributed by atoms with E-state index in [0.29, 0.717) is 11.8 Å². The number of aryl methyl sites for hydroxylation is 1. The van der Waals surface area contributed by atoms with Gasteiger partial charge in [0.2, 0.25) is 0 Å². The molecule has 0 aromatic carbocycles. The molecule has 0 amide bonds. The predicted molar refractivity (Wildman–Crippen MR) is 58.0 cm³/mol. The molecule has 1 heterocycles. The number of hydrogen-bond donors (Lipinski definition) is 0. The lowest BCUT2D eigenvalue weighted by atomic mass is 10.2. The Balaban J connectivity index is 2.05. The third-order valence-corrected chi connectivity index (χ3v) is 2.91. The molecule has 2 rings (SSSR count). The van der Waals surface area contributed by atoms with Crippen LogP contribution in [0.3, 0.4) is 0 Å². The van der Waals surface area contributed by atoms with Gasteiger partial charge in [0, 0.05) is 26.2 Å². The van der Waals surface area contributed by atoms with E-state index in [4.69, 9.17) is 16.3 Å². The van der Waals surface area contributed by atoms with E-state index in [1.807, 2.05) is 4.68 Å². The first-order chi connectivity index (χ1) is 7.36. The van der Waals surface area contributed by atoms with Crippen molar-refractivity contribution in [2.45, 2.75) is 37.6 Å². The van der Waals surface area contributed by atoms with Gasteiger partial charge < -0.3 is 4.74 Å². The number of methoxy groups -OCH3 is 1. The highest BCUT2D eigenvalue weighted by Crippen LogP contribution is 2.41. The van der Waals surface area contributed by atoms with Crippen molar-refractivity contribution in [3.05, 3.63) is 11.4 Å². The number of ether oxygens (including phenoxy) is 1. The van der Waals surface area contributed by atoms with Gasteiger partial charge in [-0.3, -0.25) is 0 Å². The first kappa shape index (κ1) is 10.9. The summed E-state index contributed by atoms with van der Waals surface area (Å²) in [4.78, 5) is 0. The lowest BCUT2D eigenvalue weighted by Crippen LogP contribution is -2.07. The first-order valence-electron chi connectivity index (χ1n) is 5.34. The van der Waals surface area contributed by atoms with Crippen molar-refractivity contribution in [1.82, 2.24) is 15.0 Å². The molecule has 1 aromatic rings. The van der Waals surface area contributed by atoms with Gasteiger partial charge in [0.15, 0.2) is 0 Å². The molecule has 1 aliphatic rings. The Bertz CT molecular complexity index is 322. The molecule has 1 aliphatic carbocycles. The van der Waals surface area contributed by atoms with Crippen LogP contribution in [-0.4, -0.2) is 28.7 Å². The Morgan fingerprint density at radius 2 is 2.33 bits per heavy atom. The molecule has 0 unspecified atom stereocenters. The molecule has 0 aliphatic heterocycles. The zero-order chi connectivity index (χ0) is 10.7. The second-order valence-electron chi connectivity index (χ2n) is 3.90. The van der Waals surface area contributed by atoms with Crippen LogP contribution in [0.25, 0.3) is 0 Å². The summed E-state index contributed by atoms with van der Waals surface area (Å²) in [6.07, 6.45) is 3.48. The molecule has 84 valence electrons. The molecule has 5 heteroatoms. The molecular formula is C10H16ClN3O. The maximum atomic E-state index is 5.84. The maximum Gasteiger partial charge on any atom is 0.101 e. The Labute approximate surface area is 94.6 Å². The number of hydrogen-bond acceptors (Lipinski definition) is 3. The van der Waals surface area contributed by atoms with Gasteiger partial charge in [-0.1, -0.05) is 5.21 Å². The predicted octanol–water partition coefficient (Wildman–Crippen LogP) is 1.93. The van der Waals surface area contributed by atoms with Gasteiger partial charge in [0.05, 0.1) is 11.6 Å². The minimum Gasteiger partial charge on any atom is -0.385 e. The van der Waals surface area contributed by atoms with E-state index < -0.39 is 0 Å². The molecule has 1 fully saturated rings. The number of rotatable bonds is 6. The summed E-state index contributed by atoms with van der Waals surface area (Å²) in [6, 6.07) is 0. The minimum atomic E-state index is 0.468. The molecule has 1 aromatic heterocycles. The normalized spacial score (nSPS) is 15.9. The average molecular weight is 230 g/mol. The number of nitrogens with zero attached hydrogens (tertiary/aromatic N) is 3. The van der Waals surface area contributed by atoms with E-state index in [1.165, 1.54) is 18.5 Å². The van der Waals surface area contributed by atoms with Crippen LogP contribution >= 0.6 is 11.6 Å². The van der Waals surface area contributed by atoms with Crippen LogP contribution < -0.4 is 0 Å². The van der Waals surface area contributed by atoms with Crippen LogP contribution in [0.4, 0.5) is 0 Å².